The van der Waals surface area contributed by atoms with Gasteiger partial charge in [0.1, 0.15) is 0 Å². The van der Waals surface area contributed by atoms with Crippen LogP contribution in [0.3, 0.4) is 0 Å². The van der Waals surface area contributed by atoms with Crippen LogP contribution in [0.2, 0.25) is 0 Å². The van der Waals surface area contributed by atoms with E-state index in [4.69, 9.17) is 5.73 Å². The van der Waals surface area contributed by atoms with E-state index >= 15 is 0 Å². The summed E-state index contributed by atoms with van der Waals surface area (Å²) in [4.78, 5) is 6.81. The van der Waals surface area contributed by atoms with Crippen LogP contribution in [-0.4, -0.2) is 27.5 Å². The van der Waals surface area contributed by atoms with E-state index in [0.717, 1.165) is 32.6 Å². The van der Waals surface area contributed by atoms with Crippen LogP contribution in [0.1, 0.15) is 36.6 Å². The maximum Gasteiger partial charge on any atom is 0.0951 e. The van der Waals surface area contributed by atoms with Crippen LogP contribution in [0.5, 0.6) is 0 Å². The molecule has 1 aromatic heterocycles. The smallest absolute Gasteiger partial charge is 0.0951 e. The molecule has 2 N–H and O–H groups in total. The summed E-state index contributed by atoms with van der Waals surface area (Å²) in [6.07, 6.45) is 7.62. The van der Waals surface area contributed by atoms with Crippen molar-refractivity contribution in [2.75, 3.05) is 13.1 Å². The molecule has 0 amide bonds. The molecule has 1 aromatic carbocycles. The molecule has 1 aliphatic rings. The lowest BCUT2D eigenvalue weighted by molar-refractivity contribution is 0.248. The van der Waals surface area contributed by atoms with Crippen molar-refractivity contribution in [3.63, 3.8) is 0 Å². The molecule has 0 atom stereocenters. The van der Waals surface area contributed by atoms with Crippen molar-refractivity contribution in [3.8, 4) is 0 Å². The Balaban J connectivity index is 1.68. The van der Waals surface area contributed by atoms with Gasteiger partial charge in [-0.25, -0.2) is 4.98 Å². The SMILES string of the molecule is NCCCN(Cc1ccccc1)Cc1cncn1C1CC1. The van der Waals surface area contributed by atoms with Crippen molar-refractivity contribution >= 4 is 0 Å². The summed E-state index contributed by atoms with van der Waals surface area (Å²) < 4.78 is 2.35. The first-order valence-electron chi connectivity index (χ1n) is 7.84. The van der Waals surface area contributed by atoms with Gasteiger partial charge < -0.3 is 10.3 Å². The zero-order valence-corrected chi connectivity index (χ0v) is 12.5. The first-order chi connectivity index (χ1) is 10.4. The molecule has 0 radical (unpaired) electrons. The molecule has 4 nitrogen and oxygen atoms in total. The number of imidazole rings is 1. The molecule has 1 heterocycles. The Bertz CT molecular complexity index is 545. The highest BCUT2D eigenvalue weighted by atomic mass is 15.2. The van der Waals surface area contributed by atoms with Crippen molar-refractivity contribution in [2.24, 2.45) is 5.73 Å². The zero-order chi connectivity index (χ0) is 14.5. The van der Waals surface area contributed by atoms with Crippen LogP contribution >= 0.6 is 0 Å². The third-order valence-electron chi connectivity index (χ3n) is 4.00. The van der Waals surface area contributed by atoms with Crippen LogP contribution in [0.15, 0.2) is 42.9 Å². The summed E-state index contributed by atoms with van der Waals surface area (Å²) in [7, 11) is 0. The Morgan fingerprint density at radius 3 is 2.71 bits per heavy atom. The van der Waals surface area contributed by atoms with Crippen LogP contribution in [0.25, 0.3) is 0 Å². The molecule has 0 aliphatic heterocycles. The van der Waals surface area contributed by atoms with Crippen LogP contribution in [-0.2, 0) is 13.1 Å². The van der Waals surface area contributed by atoms with Gasteiger partial charge in [0.25, 0.3) is 0 Å². The average Bonchev–Trinajstić information content (AvgIpc) is 3.26. The van der Waals surface area contributed by atoms with Crippen molar-refractivity contribution in [2.45, 2.75) is 38.4 Å². The minimum Gasteiger partial charge on any atom is -0.330 e. The van der Waals surface area contributed by atoms with E-state index in [1.807, 2.05) is 12.5 Å². The van der Waals surface area contributed by atoms with E-state index in [2.05, 4.69) is 44.8 Å². The summed E-state index contributed by atoms with van der Waals surface area (Å²) in [5, 5.41) is 0. The predicted octanol–water partition coefficient (Wildman–Crippen LogP) is 2.57. The average molecular weight is 284 g/mol. The fraction of sp³-hybridized carbons (Fsp3) is 0.471. The largest absolute Gasteiger partial charge is 0.330 e. The van der Waals surface area contributed by atoms with Gasteiger partial charge >= 0.3 is 0 Å². The van der Waals surface area contributed by atoms with Crippen molar-refractivity contribution in [1.82, 2.24) is 14.5 Å². The van der Waals surface area contributed by atoms with Crippen molar-refractivity contribution in [1.29, 1.82) is 0 Å². The van der Waals surface area contributed by atoms with Gasteiger partial charge in [-0.2, -0.15) is 0 Å². The monoisotopic (exact) mass is 284 g/mol. The molecule has 2 aromatic rings. The fourth-order valence-corrected chi connectivity index (χ4v) is 2.74. The highest BCUT2D eigenvalue weighted by Crippen LogP contribution is 2.35. The number of hydrogen-bond donors (Lipinski definition) is 1. The van der Waals surface area contributed by atoms with E-state index in [0.29, 0.717) is 6.04 Å². The molecule has 0 spiro atoms. The van der Waals surface area contributed by atoms with Gasteiger partial charge in [0.15, 0.2) is 0 Å². The van der Waals surface area contributed by atoms with Gasteiger partial charge in [0.05, 0.1) is 12.0 Å². The highest BCUT2D eigenvalue weighted by molar-refractivity contribution is 5.14. The highest BCUT2D eigenvalue weighted by Gasteiger charge is 2.25. The van der Waals surface area contributed by atoms with Crippen LogP contribution < -0.4 is 5.73 Å². The summed E-state index contributed by atoms with van der Waals surface area (Å²) in [6, 6.07) is 11.3. The Morgan fingerprint density at radius 2 is 2.00 bits per heavy atom. The number of nitrogens with two attached hydrogens (primary N) is 1. The Labute approximate surface area is 126 Å². The first kappa shape index (κ1) is 14.3. The van der Waals surface area contributed by atoms with E-state index < -0.39 is 0 Å². The molecule has 3 rings (SSSR count). The molecule has 4 heteroatoms. The number of hydrogen-bond acceptors (Lipinski definition) is 3. The third-order valence-corrected chi connectivity index (χ3v) is 4.00. The summed E-state index contributed by atoms with van der Waals surface area (Å²) >= 11 is 0. The Kier molecular flexibility index (Phi) is 4.68. The molecule has 1 aliphatic carbocycles. The third kappa shape index (κ3) is 3.93. The molecule has 0 saturated heterocycles. The molecular formula is C17H24N4. The van der Waals surface area contributed by atoms with Crippen LogP contribution in [0.4, 0.5) is 0 Å². The van der Waals surface area contributed by atoms with Gasteiger partial charge in [-0.05, 0) is 31.4 Å². The lowest BCUT2D eigenvalue weighted by Gasteiger charge is -2.23. The summed E-state index contributed by atoms with van der Waals surface area (Å²) in [5.74, 6) is 0. The fourth-order valence-electron chi connectivity index (χ4n) is 2.74. The first-order valence-corrected chi connectivity index (χ1v) is 7.84. The molecule has 21 heavy (non-hydrogen) atoms. The van der Waals surface area contributed by atoms with E-state index in [-0.39, 0.29) is 0 Å². The lowest BCUT2D eigenvalue weighted by atomic mass is 10.2. The molecule has 1 fully saturated rings. The molecule has 0 unspecified atom stereocenters. The topological polar surface area (TPSA) is 47.1 Å². The van der Waals surface area contributed by atoms with Gasteiger partial charge in [-0.3, -0.25) is 4.90 Å². The van der Waals surface area contributed by atoms with Crippen LogP contribution in [0, 0.1) is 0 Å². The predicted molar refractivity (Wildman–Crippen MR) is 84.7 cm³/mol. The Morgan fingerprint density at radius 1 is 1.19 bits per heavy atom. The normalized spacial score (nSPS) is 14.8. The second kappa shape index (κ2) is 6.87. The maximum absolute atomic E-state index is 5.69. The summed E-state index contributed by atoms with van der Waals surface area (Å²) in [6.45, 7) is 3.69. The van der Waals surface area contributed by atoms with Crippen molar-refractivity contribution in [3.05, 3.63) is 54.1 Å². The number of rotatable bonds is 8. The van der Waals surface area contributed by atoms with E-state index in [1.165, 1.54) is 24.1 Å². The molecule has 1 saturated carbocycles. The van der Waals surface area contributed by atoms with E-state index in [1.54, 1.807) is 0 Å². The van der Waals surface area contributed by atoms with Gasteiger partial charge in [-0.1, -0.05) is 30.3 Å². The van der Waals surface area contributed by atoms with Crippen molar-refractivity contribution < 1.29 is 0 Å². The second-order valence-electron chi connectivity index (χ2n) is 5.86. The number of aromatic nitrogens is 2. The van der Waals surface area contributed by atoms with Gasteiger partial charge in [0, 0.05) is 31.9 Å². The number of benzene rings is 1. The number of nitrogens with zero attached hydrogens (tertiary/aromatic N) is 3. The maximum atomic E-state index is 5.69. The molecular weight excluding hydrogens is 260 g/mol. The molecule has 0 bridgehead atoms. The second-order valence-corrected chi connectivity index (χ2v) is 5.86. The minimum atomic E-state index is 0.690. The zero-order valence-electron chi connectivity index (χ0n) is 12.5. The van der Waals surface area contributed by atoms with Gasteiger partial charge in [-0.15, -0.1) is 0 Å². The standard InChI is InChI=1S/C17H24N4/c18-9-4-10-20(12-15-5-2-1-3-6-15)13-17-11-19-14-21(17)16-7-8-16/h1-3,5-6,11,14,16H,4,7-10,12-13,18H2. The summed E-state index contributed by atoms with van der Waals surface area (Å²) in [5.41, 5.74) is 8.37. The Hall–Kier alpha value is -1.65. The molecule has 112 valence electrons. The van der Waals surface area contributed by atoms with Gasteiger partial charge in [0.2, 0.25) is 0 Å². The lowest BCUT2D eigenvalue weighted by Crippen LogP contribution is -2.26. The minimum absolute atomic E-state index is 0.690. The quantitative estimate of drug-likeness (QED) is 0.810. The van der Waals surface area contributed by atoms with E-state index in [9.17, 15) is 0 Å².